The van der Waals surface area contributed by atoms with Crippen LogP contribution in [0, 0.1) is 0 Å². The van der Waals surface area contributed by atoms with E-state index in [2.05, 4.69) is 32.1 Å². The molecule has 0 spiro atoms. The molecule has 0 saturated carbocycles. The second kappa shape index (κ2) is 11.0. The van der Waals surface area contributed by atoms with Crippen molar-refractivity contribution in [2.24, 2.45) is 5.73 Å². The molecule has 2 aliphatic heterocycles. The molecule has 2 N–H and O–H groups in total. The summed E-state index contributed by atoms with van der Waals surface area (Å²) in [5.41, 5.74) is 7.45. The van der Waals surface area contributed by atoms with Crippen LogP contribution in [-0.2, 0) is 6.42 Å². The van der Waals surface area contributed by atoms with Crippen LogP contribution in [0.25, 0.3) is 0 Å². The van der Waals surface area contributed by atoms with Gasteiger partial charge in [-0.1, -0.05) is 41.9 Å². The molecule has 0 unspecified atom stereocenters. The topological polar surface area (TPSA) is 71.4 Å². The summed E-state index contributed by atoms with van der Waals surface area (Å²) in [5.74, 6) is 0.530. The number of aromatic nitrogens is 2. The molecule has 2 fully saturated rings. The molecule has 0 aliphatic carbocycles. The third kappa shape index (κ3) is 5.60. The van der Waals surface area contributed by atoms with E-state index in [1.807, 2.05) is 18.2 Å². The predicted octanol–water partition coefficient (Wildman–Crippen LogP) is 3.61. The monoisotopic (exact) mass is 427 g/mol. The Morgan fingerprint density at radius 3 is 2.32 bits per heavy atom. The highest BCUT2D eigenvalue weighted by Crippen LogP contribution is 2.25. The van der Waals surface area contributed by atoms with Crippen molar-refractivity contribution in [3.63, 3.8) is 0 Å². The summed E-state index contributed by atoms with van der Waals surface area (Å²) in [6.07, 6.45) is 7.16. The van der Waals surface area contributed by atoms with Crippen molar-refractivity contribution < 1.29 is 4.42 Å². The fourth-order valence-corrected chi connectivity index (χ4v) is 4.17. The first-order chi connectivity index (χ1) is 12.8. The normalized spacial score (nSPS) is 19.5. The first-order valence-corrected chi connectivity index (χ1v) is 9.91. The predicted molar refractivity (Wildman–Crippen MR) is 117 cm³/mol. The molecule has 2 aliphatic rings. The average Bonchev–Trinajstić information content (AvgIpc) is 3.20. The summed E-state index contributed by atoms with van der Waals surface area (Å²) in [6, 6.07) is 11.3. The van der Waals surface area contributed by atoms with Gasteiger partial charge in [0.05, 0.1) is 6.04 Å². The van der Waals surface area contributed by atoms with Crippen LogP contribution in [0.4, 0.5) is 6.01 Å². The lowest BCUT2D eigenvalue weighted by molar-refractivity contribution is 0.140. The number of anilines is 1. The second-order valence-electron chi connectivity index (χ2n) is 7.53. The van der Waals surface area contributed by atoms with Crippen LogP contribution in [-0.4, -0.2) is 47.3 Å². The molecule has 0 radical (unpaired) electrons. The minimum atomic E-state index is -0.260. The van der Waals surface area contributed by atoms with E-state index in [0.29, 0.717) is 24.4 Å². The number of hydrogen-bond acceptors (Lipinski definition) is 6. The Balaban J connectivity index is 0.00000140. The fraction of sp³-hybridized carbons (Fsp3) is 0.600. The van der Waals surface area contributed by atoms with Crippen LogP contribution >= 0.6 is 24.8 Å². The molecule has 8 heteroatoms. The Morgan fingerprint density at radius 2 is 1.64 bits per heavy atom. The lowest BCUT2D eigenvalue weighted by Gasteiger charge is -2.39. The van der Waals surface area contributed by atoms with Crippen LogP contribution in [0.15, 0.2) is 34.7 Å². The SMILES string of the molecule is Cl.Cl.N[C@H](Cc1ccccc1)c1nnc(N2CCC(N3CCCCC3)CC2)o1. The van der Waals surface area contributed by atoms with Gasteiger partial charge >= 0.3 is 6.01 Å². The van der Waals surface area contributed by atoms with Crippen molar-refractivity contribution in [3.8, 4) is 0 Å². The van der Waals surface area contributed by atoms with E-state index in [9.17, 15) is 0 Å². The van der Waals surface area contributed by atoms with Gasteiger partial charge in [0, 0.05) is 19.1 Å². The Morgan fingerprint density at radius 1 is 0.964 bits per heavy atom. The molecule has 2 saturated heterocycles. The first-order valence-electron chi connectivity index (χ1n) is 9.91. The van der Waals surface area contributed by atoms with Gasteiger partial charge in [0.25, 0.3) is 0 Å². The minimum Gasteiger partial charge on any atom is -0.406 e. The van der Waals surface area contributed by atoms with Gasteiger partial charge in [0.15, 0.2) is 0 Å². The summed E-state index contributed by atoms with van der Waals surface area (Å²) < 4.78 is 5.90. The third-order valence-corrected chi connectivity index (χ3v) is 5.69. The van der Waals surface area contributed by atoms with Crippen molar-refractivity contribution in [1.82, 2.24) is 15.1 Å². The molecular weight excluding hydrogens is 397 g/mol. The highest BCUT2D eigenvalue weighted by atomic mass is 35.5. The molecule has 3 heterocycles. The molecule has 0 amide bonds. The smallest absolute Gasteiger partial charge is 0.318 e. The van der Waals surface area contributed by atoms with E-state index in [1.165, 1.54) is 50.8 Å². The standard InChI is InChI=1S/C20H29N5O.2ClH/c21-18(15-16-7-3-1-4-8-16)19-22-23-20(26-19)25-13-9-17(10-14-25)24-11-5-2-6-12-24;;/h1,3-4,7-8,17-18H,2,5-6,9-15,21H2;2*1H/t18-;;/m1../s1. The molecule has 6 nitrogen and oxygen atoms in total. The van der Waals surface area contributed by atoms with Crippen molar-refractivity contribution in [2.75, 3.05) is 31.1 Å². The van der Waals surface area contributed by atoms with Gasteiger partial charge in [0.1, 0.15) is 0 Å². The van der Waals surface area contributed by atoms with Crippen LogP contribution in [0.2, 0.25) is 0 Å². The number of nitrogens with zero attached hydrogens (tertiary/aromatic N) is 4. The maximum absolute atomic E-state index is 6.27. The van der Waals surface area contributed by atoms with Crippen molar-refractivity contribution >= 4 is 30.8 Å². The molecule has 1 aromatic carbocycles. The van der Waals surface area contributed by atoms with Gasteiger partial charge in [-0.2, -0.15) is 0 Å². The lowest BCUT2D eigenvalue weighted by Crippen LogP contribution is -2.46. The van der Waals surface area contributed by atoms with Crippen LogP contribution < -0.4 is 10.6 Å². The van der Waals surface area contributed by atoms with Gasteiger partial charge < -0.3 is 20.0 Å². The summed E-state index contributed by atoms with van der Waals surface area (Å²) in [4.78, 5) is 4.89. The van der Waals surface area contributed by atoms with Gasteiger partial charge in [-0.15, -0.1) is 29.9 Å². The van der Waals surface area contributed by atoms with E-state index in [4.69, 9.17) is 10.2 Å². The van der Waals surface area contributed by atoms with Crippen LogP contribution in [0.5, 0.6) is 0 Å². The Hall–Kier alpha value is -1.34. The number of nitrogens with two attached hydrogens (primary N) is 1. The van der Waals surface area contributed by atoms with Gasteiger partial charge in [0.2, 0.25) is 5.89 Å². The summed E-state index contributed by atoms with van der Waals surface area (Å²) in [5, 5.41) is 8.46. The van der Waals surface area contributed by atoms with E-state index in [0.717, 1.165) is 13.1 Å². The highest BCUT2D eigenvalue weighted by molar-refractivity contribution is 5.85. The van der Waals surface area contributed by atoms with E-state index in [1.54, 1.807) is 0 Å². The molecule has 4 rings (SSSR count). The molecule has 156 valence electrons. The fourth-order valence-electron chi connectivity index (χ4n) is 4.17. The molecule has 1 aromatic heterocycles. The molecule has 28 heavy (non-hydrogen) atoms. The average molecular weight is 428 g/mol. The Labute approximate surface area is 179 Å². The number of piperidine rings is 2. The zero-order valence-corrected chi connectivity index (χ0v) is 17.8. The number of hydrogen-bond donors (Lipinski definition) is 1. The molecule has 2 aromatic rings. The Kier molecular flexibility index (Phi) is 9.02. The summed E-state index contributed by atoms with van der Waals surface area (Å²) in [7, 11) is 0. The van der Waals surface area contributed by atoms with Crippen molar-refractivity contribution in [1.29, 1.82) is 0 Å². The number of halogens is 2. The molecular formula is C20H31Cl2N5O. The van der Waals surface area contributed by atoms with E-state index in [-0.39, 0.29) is 30.9 Å². The first kappa shape index (κ1) is 22.9. The number of likely N-dealkylation sites (tertiary alicyclic amines) is 1. The quantitative estimate of drug-likeness (QED) is 0.785. The highest BCUT2D eigenvalue weighted by Gasteiger charge is 2.28. The van der Waals surface area contributed by atoms with Crippen LogP contribution in [0.1, 0.15) is 49.6 Å². The zero-order chi connectivity index (χ0) is 17.8. The van der Waals surface area contributed by atoms with Gasteiger partial charge in [-0.25, -0.2) is 0 Å². The second-order valence-corrected chi connectivity index (χ2v) is 7.53. The molecule has 0 bridgehead atoms. The number of rotatable bonds is 5. The van der Waals surface area contributed by atoms with Gasteiger partial charge in [-0.05, 0) is 50.8 Å². The maximum Gasteiger partial charge on any atom is 0.318 e. The van der Waals surface area contributed by atoms with E-state index >= 15 is 0 Å². The molecule has 1 atom stereocenters. The van der Waals surface area contributed by atoms with Gasteiger partial charge in [-0.3, -0.25) is 0 Å². The minimum absolute atomic E-state index is 0. The number of benzene rings is 1. The maximum atomic E-state index is 6.27. The third-order valence-electron chi connectivity index (χ3n) is 5.69. The van der Waals surface area contributed by atoms with E-state index < -0.39 is 0 Å². The van der Waals surface area contributed by atoms with Crippen LogP contribution in [0.3, 0.4) is 0 Å². The Bertz CT molecular complexity index is 685. The van der Waals surface area contributed by atoms with Crippen molar-refractivity contribution in [3.05, 3.63) is 41.8 Å². The largest absolute Gasteiger partial charge is 0.406 e. The lowest BCUT2D eigenvalue weighted by atomic mass is 10.0. The van der Waals surface area contributed by atoms with Crippen molar-refractivity contribution in [2.45, 2.75) is 50.6 Å². The summed E-state index contributed by atoms with van der Waals surface area (Å²) in [6.45, 7) is 4.50. The summed E-state index contributed by atoms with van der Waals surface area (Å²) >= 11 is 0. The zero-order valence-electron chi connectivity index (χ0n) is 16.2.